The lowest BCUT2D eigenvalue weighted by atomic mass is 9.49. The molecule has 1 aromatic carbocycles. The van der Waals surface area contributed by atoms with E-state index in [1.807, 2.05) is 0 Å². The van der Waals surface area contributed by atoms with Crippen molar-refractivity contribution in [3.63, 3.8) is 0 Å². The van der Waals surface area contributed by atoms with Gasteiger partial charge < -0.3 is 22.1 Å². The van der Waals surface area contributed by atoms with Gasteiger partial charge in [0.15, 0.2) is 5.11 Å². The third kappa shape index (κ3) is 4.09. The van der Waals surface area contributed by atoms with E-state index in [4.69, 9.17) is 23.7 Å². The number of thiocarbonyl (C=S) groups is 1. The molecule has 0 aliphatic heterocycles. The molecule has 0 aromatic heterocycles. The van der Waals surface area contributed by atoms with E-state index in [-0.39, 0.29) is 21.3 Å². The van der Waals surface area contributed by atoms with Crippen LogP contribution in [0, 0.1) is 23.2 Å². The Morgan fingerprint density at radius 1 is 1.03 bits per heavy atom. The fourth-order valence-electron chi connectivity index (χ4n) is 5.69. The summed E-state index contributed by atoms with van der Waals surface area (Å²) in [6.07, 6.45) is 6.69. The molecule has 1 aromatic rings. The molecule has 4 aliphatic rings. The number of hydrogen-bond donors (Lipinski definition) is 4. The van der Waals surface area contributed by atoms with Gasteiger partial charge in [0.05, 0.1) is 10.3 Å². The van der Waals surface area contributed by atoms with Crippen LogP contribution in [0.5, 0.6) is 0 Å². The lowest BCUT2D eigenvalue weighted by Gasteiger charge is -2.55. The molecule has 0 saturated heterocycles. The van der Waals surface area contributed by atoms with Gasteiger partial charge in [-0.05, 0) is 92.8 Å². The van der Waals surface area contributed by atoms with Crippen LogP contribution in [0.4, 0.5) is 5.69 Å². The van der Waals surface area contributed by atoms with Crippen molar-refractivity contribution in [2.45, 2.75) is 43.4 Å². The smallest absolute Gasteiger partial charge is 0.285 e. The lowest BCUT2D eigenvalue weighted by molar-refractivity contribution is -0.144. The van der Waals surface area contributed by atoms with Crippen molar-refractivity contribution in [3.8, 4) is 0 Å². The number of anilines is 1. The fraction of sp³-hybridized carbons (Fsp3) is 0.526. The molecule has 1 amide bonds. The van der Waals surface area contributed by atoms with Crippen LogP contribution in [-0.2, 0) is 14.8 Å². The third-order valence-corrected chi connectivity index (χ3v) is 7.91. The van der Waals surface area contributed by atoms with Crippen molar-refractivity contribution in [2.24, 2.45) is 39.0 Å². The average molecular weight is 436 g/mol. The Balaban J connectivity index is 1.39. The quantitative estimate of drug-likeness (QED) is 0.320. The van der Waals surface area contributed by atoms with Crippen molar-refractivity contribution in [2.75, 3.05) is 5.32 Å². The molecule has 4 fully saturated rings. The summed E-state index contributed by atoms with van der Waals surface area (Å²) >= 11 is 5.31. The Bertz CT molecular complexity index is 933. The monoisotopic (exact) mass is 435 g/mol. The summed E-state index contributed by atoms with van der Waals surface area (Å²) in [7, 11) is -3.94. The molecule has 0 radical (unpaired) electrons. The number of nitrogens with two attached hydrogens (primary N) is 2. The first-order valence-corrected chi connectivity index (χ1v) is 11.6. The first kappa shape index (κ1) is 20.1. The van der Waals surface area contributed by atoms with Crippen LogP contribution in [0.1, 0.15) is 38.5 Å². The van der Waals surface area contributed by atoms with E-state index in [0.717, 1.165) is 19.3 Å². The highest BCUT2D eigenvalue weighted by Crippen LogP contribution is 2.60. The van der Waals surface area contributed by atoms with Crippen molar-refractivity contribution in [3.05, 3.63) is 24.3 Å². The SMILES string of the molecule is NC(N)=NS(=O)(=O)c1ccc(NC(=S)NC(=O)C23CC4CC(CC(C4)C2)C3)cc1. The number of sulfonamides is 1. The second kappa shape index (κ2) is 7.24. The molecule has 0 unspecified atom stereocenters. The van der Waals surface area contributed by atoms with E-state index in [9.17, 15) is 13.2 Å². The lowest BCUT2D eigenvalue weighted by Crippen LogP contribution is -2.55. The first-order valence-electron chi connectivity index (χ1n) is 9.74. The number of carbonyl (C=O) groups excluding carboxylic acids is 1. The van der Waals surface area contributed by atoms with Crippen LogP contribution in [0.15, 0.2) is 33.6 Å². The van der Waals surface area contributed by atoms with Gasteiger partial charge in [-0.1, -0.05) is 0 Å². The number of hydrogen-bond acceptors (Lipinski definition) is 4. The molecule has 29 heavy (non-hydrogen) atoms. The van der Waals surface area contributed by atoms with E-state index in [2.05, 4.69) is 15.0 Å². The summed E-state index contributed by atoms with van der Waals surface area (Å²) in [5.74, 6) is 1.51. The molecule has 8 nitrogen and oxygen atoms in total. The van der Waals surface area contributed by atoms with Gasteiger partial charge in [0, 0.05) is 5.69 Å². The molecular formula is C19H25N5O3S2. The Hall–Kier alpha value is -2.20. The Morgan fingerprint density at radius 3 is 2.03 bits per heavy atom. The second-order valence-corrected chi connectivity index (χ2v) is 10.6. The highest BCUT2D eigenvalue weighted by Gasteiger charge is 2.54. The summed E-state index contributed by atoms with van der Waals surface area (Å²) in [4.78, 5) is 13.0. The zero-order valence-corrected chi connectivity index (χ0v) is 17.6. The Kier molecular flexibility index (Phi) is 5.02. The van der Waals surface area contributed by atoms with Gasteiger partial charge in [-0.3, -0.25) is 4.79 Å². The molecule has 5 rings (SSSR count). The van der Waals surface area contributed by atoms with Crippen LogP contribution >= 0.6 is 12.2 Å². The Labute approximate surface area is 175 Å². The second-order valence-electron chi connectivity index (χ2n) is 8.62. The number of benzene rings is 1. The van der Waals surface area contributed by atoms with E-state index >= 15 is 0 Å². The molecule has 156 valence electrons. The predicted molar refractivity (Wildman–Crippen MR) is 114 cm³/mol. The van der Waals surface area contributed by atoms with Gasteiger partial charge in [-0.2, -0.15) is 8.42 Å². The molecule has 6 N–H and O–H groups in total. The average Bonchev–Trinajstić information content (AvgIpc) is 2.59. The number of amides is 1. The minimum atomic E-state index is -3.94. The molecule has 4 aliphatic carbocycles. The Morgan fingerprint density at radius 2 is 1.55 bits per heavy atom. The summed E-state index contributed by atoms with van der Waals surface area (Å²) in [6.45, 7) is 0. The van der Waals surface area contributed by atoms with Gasteiger partial charge in [-0.25, -0.2) is 0 Å². The van der Waals surface area contributed by atoms with E-state index in [0.29, 0.717) is 23.4 Å². The summed E-state index contributed by atoms with van der Waals surface area (Å²) in [5.41, 5.74) is 10.6. The van der Waals surface area contributed by atoms with Crippen LogP contribution < -0.4 is 22.1 Å². The molecule has 0 heterocycles. The van der Waals surface area contributed by atoms with Crippen molar-refractivity contribution in [1.29, 1.82) is 0 Å². The maximum atomic E-state index is 13.0. The van der Waals surface area contributed by atoms with Crippen LogP contribution in [0.25, 0.3) is 0 Å². The van der Waals surface area contributed by atoms with Gasteiger partial charge in [-0.15, -0.1) is 4.40 Å². The molecule has 4 saturated carbocycles. The predicted octanol–water partition coefficient (Wildman–Crippen LogP) is 1.68. The normalized spacial score (nSPS) is 29.9. The van der Waals surface area contributed by atoms with E-state index < -0.39 is 16.0 Å². The third-order valence-electron chi connectivity index (χ3n) is 6.38. The topological polar surface area (TPSA) is 140 Å². The van der Waals surface area contributed by atoms with Crippen LogP contribution in [0.2, 0.25) is 0 Å². The van der Waals surface area contributed by atoms with Crippen LogP contribution in [-0.4, -0.2) is 25.4 Å². The first-order chi connectivity index (χ1) is 13.6. The minimum absolute atomic E-state index is 0.0149. The van der Waals surface area contributed by atoms with E-state index in [1.165, 1.54) is 43.5 Å². The zero-order chi connectivity index (χ0) is 20.8. The molecule has 0 atom stereocenters. The van der Waals surface area contributed by atoms with Crippen molar-refractivity contribution < 1.29 is 13.2 Å². The summed E-state index contributed by atoms with van der Waals surface area (Å²) in [6, 6.07) is 5.82. The highest BCUT2D eigenvalue weighted by molar-refractivity contribution is 7.90. The van der Waals surface area contributed by atoms with Gasteiger partial charge >= 0.3 is 0 Å². The number of guanidine groups is 1. The number of nitrogens with zero attached hydrogens (tertiary/aromatic N) is 1. The van der Waals surface area contributed by atoms with Crippen molar-refractivity contribution in [1.82, 2.24) is 5.32 Å². The highest BCUT2D eigenvalue weighted by atomic mass is 32.2. The largest absolute Gasteiger partial charge is 0.369 e. The van der Waals surface area contributed by atoms with Gasteiger partial charge in [0.2, 0.25) is 11.9 Å². The van der Waals surface area contributed by atoms with E-state index in [1.54, 1.807) is 0 Å². The molecule has 10 heteroatoms. The minimum Gasteiger partial charge on any atom is -0.369 e. The fourth-order valence-corrected chi connectivity index (χ4v) is 6.76. The standard InChI is InChI=1S/C19H25N5O3S2/c20-17(21)24-29(26,27)15-3-1-14(2-4-15)22-18(28)23-16(25)19-8-11-5-12(9-19)7-13(6-11)10-19/h1-4,11-13H,5-10H2,(H4,20,21,24)(H2,22,23,25,28). The summed E-state index contributed by atoms with van der Waals surface area (Å²) in [5, 5.41) is 6.02. The molecule has 0 spiro atoms. The maximum absolute atomic E-state index is 13.0. The maximum Gasteiger partial charge on any atom is 0.285 e. The molecular weight excluding hydrogens is 410 g/mol. The number of carbonyl (C=O) groups is 1. The molecule has 4 bridgehead atoms. The summed E-state index contributed by atoms with van der Waals surface area (Å²) < 4.78 is 27.2. The number of nitrogens with one attached hydrogen (secondary N) is 2. The van der Waals surface area contributed by atoms with Crippen LogP contribution in [0.3, 0.4) is 0 Å². The van der Waals surface area contributed by atoms with Gasteiger partial charge in [0.1, 0.15) is 0 Å². The van der Waals surface area contributed by atoms with Crippen molar-refractivity contribution >= 4 is 44.9 Å². The van der Waals surface area contributed by atoms with Gasteiger partial charge in [0.25, 0.3) is 10.0 Å². The number of rotatable bonds is 4. The zero-order valence-electron chi connectivity index (χ0n) is 15.9.